The summed E-state index contributed by atoms with van der Waals surface area (Å²) >= 11 is 0. The van der Waals surface area contributed by atoms with Gasteiger partial charge in [0.15, 0.2) is 6.10 Å². The molecule has 1 aromatic heterocycles. The molecule has 25 heavy (non-hydrogen) atoms. The number of benzene rings is 1. The number of hydrogen-bond acceptors (Lipinski definition) is 4. The van der Waals surface area contributed by atoms with Crippen molar-refractivity contribution in [3.63, 3.8) is 0 Å². The van der Waals surface area contributed by atoms with Gasteiger partial charge >= 0.3 is 0 Å². The van der Waals surface area contributed by atoms with Gasteiger partial charge in [-0.05, 0) is 50.5 Å². The zero-order valence-electron chi connectivity index (χ0n) is 15.3. The predicted octanol–water partition coefficient (Wildman–Crippen LogP) is 2.21. The van der Waals surface area contributed by atoms with Gasteiger partial charge in [-0.25, -0.2) is 0 Å². The van der Waals surface area contributed by atoms with E-state index in [-0.39, 0.29) is 18.4 Å². The number of aryl methyl sites for hydroxylation is 2. The zero-order chi connectivity index (χ0) is 18.4. The van der Waals surface area contributed by atoms with Crippen molar-refractivity contribution >= 4 is 5.91 Å². The first-order valence-electron chi connectivity index (χ1n) is 8.54. The molecule has 0 aliphatic rings. The Balaban J connectivity index is 1.81. The summed E-state index contributed by atoms with van der Waals surface area (Å²) in [6.07, 6.45) is -0.602. The van der Waals surface area contributed by atoms with Gasteiger partial charge in [0.25, 0.3) is 5.91 Å². The van der Waals surface area contributed by atoms with E-state index in [4.69, 9.17) is 9.84 Å². The molecule has 0 bridgehead atoms. The second-order valence-electron chi connectivity index (χ2n) is 6.53. The normalized spacial score (nSPS) is 13.3. The monoisotopic (exact) mass is 345 g/mol. The van der Waals surface area contributed by atoms with Gasteiger partial charge in [0.05, 0.1) is 12.3 Å². The zero-order valence-corrected chi connectivity index (χ0v) is 15.3. The summed E-state index contributed by atoms with van der Waals surface area (Å²) in [5.41, 5.74) is 2.88. The van der Waals surface area contributed by atoms with Crippen molar-refractivity contribution in [2.24, 2.45) is 5.92 Å². The Morgan fingerprint density at radius 2 is 2.08 bits per heavy atom. The van der Waals surface area contributed by atoms with Crippen LogP contribution < -0.4 is 10.1 Å². The van der Waals surface area contributed by atoms with E-state index in [1.807, 2.05) is 24.6 Å². The molecule has 0 radical (unpaired) electrons. The number of amides is 1. The largest absolute Gasteiger partial charge is 0.481 e. The van der Waals surface area contributed by atoms with Crippen molar-refractivity contribution in [1.29, 1.82) is 0 Å². The van der Waals surface area contributed by atoms with Crippen LogP contribution >= 0.6 is 0 Å². The molecule has 0 spiro atoms. The molecular weight excluding hydrogens is 318 g/mol. The van der Waals surface area contributed by atoms with E-state index in [9.17, 15) is 4.79 Å². The van der Waals surface area contributed by atoms with Gasteiger partial charge in [0.1, 0.15) is 5.75 Å². The highest BCUT2D eigenvalue weighted by Gasteiger charge is 2.16. The lowest BCUT2D eigenvalue weighted by Crippen LogP contribution is -2.39. The summed E-state index contributed by atoms with van der Waals surface area (Å²) in [5.74, 6) is 0.673. The molecule has 6 heteroatoms. The van der Waals surface area contributed by atoms with Crippen molar-refractivity contribution in [2.75, 3.05) is 6.54 Å². The van der Waals surface area contributed by atoms with Gasteiger partial charge in [-0.3, -0.25) is 9.48 Å². The SMILES string of the molecule is Cc1cc(C)n(CC(C)CNC(=O)C(C)Oc2cccc(CO)c2)n1. The Hall–Kier alpha value is -2.34. The molecule has 0 saturated heterocycles. The molecule has 0 aliphatic heterocycles. The minimum absolute atomic E-state index is 0.0540. The Morgan fingerprint density at radius 1 is 1.32 bits per heavy atom. The van der Waals surface area contributed by atoms with Crippen LogP contribution in [-0.2, 0) is 17.9 Å². The third kappa shape index (κ3) is 5.60. The lowest BCUT2D eigenvalue weighted by Gasteiger charge is -2.18. The molecule has 6 nitrogen and oxygen atoms in total. The molecule has 1 amide bonds. The summed E-state index contributed by atoms with van der Waals surface area (Å²) in [6, 6.07) is 9.14. The summed E-state index contributed by atoms with van der Waals surface area (Å²) in [5, 5.41) is 16.5. The Bertz CT molecular complexity index is 712. The van der Waals surface area contributed by atoms with Crippen molar-refractivity contribution in [3.8, 4) is 5.75 Å². The first-order valence-corrected chi connectivity index (χ1v) is 8.54. The highest BCUT2D eigenvalue weighted by molar-refractivity contribution is 5.80. The minimum atomic E-state index is -0.602. The van der Waals surface area contributed by atoms with Crippen LogP contribution in [0.2, 0.25) is 0 Å². The van der Waals surface area contributed by atoms with Crippen LogP contribution in [0.25, 0.3) is 0 Å². The quantitative estimate of drug-likeness (QED) is 0.769. The van der Waals surface area contributed by atoms with E-state index in [0.29, 0.717) is 12.3 Å². The number of nitrogens with one attached hydrogen (secondary N) is 1. The standard InChI is InChI=1S/C19H27N3O3/c1-13(11-22-15(3)8-14(2)21-22)10-20-19(24)16(4)25-18-7-5-6-17(9-18)12-23/h5-9,13,16,23H,10-12H2,1-4H3,(H,20,24). The molecular formula is C19H27N3O3. The number of ether oxygens (including phenoxy) is 1. The van der Waals surface area contributed by atoms with Gasteiger partial charge < -0.3 is 15.2 Å². The van der Waals surface area contributed by atoms with Crippen LogP contribution in [0.4, 0.5) is 0 Å². The maximum absolute atomic E-state index is 12.2. The summed E-state index contributed by atoms with van der Waals surface area (Å²) in [6.45, 7) is 9.05. The van der Waals surface area contributed by atoms with Gasteiger partial charge in [0, 0.05) is 18.8 Å². The molecule has 2 aromatic rings. The molecule has 0 saturated carbocycles. The molecule has 136 valence electrons. The maximum atomic E-state index is 12.2. The van der Waals surface area contributed by atoms with E-state index in [1.54, 1.807) is 31.2 Å². The highest BCUT2D eigenvalue weighted by atomic mass is 16.5. The first-order chi connectivity index (χ1) is 11.9. The van der Waals surface area contributed by atoms with Crippen molar-refractivity contribution in [2.45, 2.75) is 47.0 Å². The van der Waals surface area contributed by atoms with Crippen LogP contribution in [0.5, 0.6) is 5.75 Å². The third-order valence-electron chi connectivity index (χ3n) is 3.98. The molecule has 0 fully saturated rings. The predicted molar refractivity (Wildman–Crippen MR) is 96.3 cm³/mol. The number of aliphatic hydroxyl groups excluding tert-OH is 1. The van der Waals surface area contributed by atoms with E-state index in [1.165, 1.54) is 0 Å². The summed E-state index contributed by atoms with van der Waals surface area (Å²) in [4.78, 5) is 12.2. The number of rotatable bonds is 8. The smallest absolute Gasteiger partial charge is 0.260 e. The van der Waals surface area contributed by atoms with Gasteiger partial charge in [0.2, 0.25) is 0 Å². The average Bonchev–Trinajstić information content (AvgIpc) is 2.89. The molecule has 2 N–H and O–H groups in total. The van der Waals surface area contributed by atoms with Gasteiger partial charge in [-0.15, -0.1) is 0 Å². The summed E-state index contributed by atoms with van der Waals surface area (Å²) < 4.78 is 7.62. The Kier molecular flexibility index (Phi) is 6.58. The molecule has 2 unspecified atom stereocenters. The molecule has 1 heterocycles. The fourth-order valence-corrected chi connectivity index (χ4v) is 2.61. The highest BCUT2D eigenvalue weighted by Crippen LogP contribution is 2.15. The minimum Gasteiger partial charge on any atom is -0.481 e. The van der Waals surface area contributed by atoms with E-state index in [2.05, 4.69) is 17.3 Å². The fourth-order valence-electron chi connectivity index (χ4n) is 2.61. The van der Waals surface area contributed by atoms with E-state index in [0.717, 1.165) is 23.5 Å². The lowest BCUT2D eigenvalue weighted by atomic mass is 10.1. The maximum Gasteiger partial charge on any atom is 0.260 e. The van der Waals surface area contributed by atoms with Crippen molar-refractivity contribution in [1.82, 2.24) is 15.1 Å². The fraction of sp³-hybridized carbons (Fsp3) is 0.474. The average molecular weight is 345 g/mol. The van der Waals surface area contributed by atoms with Crippen LogP contribution in [0.1, 0.15) is 30.8 Å². The molecule has 2 atom stereocenters. The number of nitrogens with zero attached hydrogens (tertiary/aromatic N) is 2. The van der Waals surface area contributed by atoms with Crippen molar-refractivity contribution in [3.05, 3.63) is 47.3 Å². The molecule has 1 aromatic carbocycles. The van der Waals surface area contributed by atoms with Crippen LogP contribution in [0.15, 0.2) is 30.3 Å². The Morgan fingerprint density at radius 3 is 2.72 bits per heavy atom. The number of hydrogen-bond donors (Lipinski definition) is 2. The van der Waals surface area contributed by atoms with E-state index < -0.39 is 6.10 Å². The van der Waals surface area contributed by atoms with Crippen LogP contribution in [-0.4, -0.2) is 33.4 Å². The first kappa shape index (κ1) is 19.0. The van der Waals surface area contributed by atoms with Gasteiger partial charge in [-0.1, -0.05) is 19.1 Å². The molecule has 2 rings (SSSR count). The number of aliphatic hydroxyl groups is 1. The number of aromatic nitrogens is 2. The number of carbonyl (C=O) groups is 1. The second kappa shape index (κ2) is 8.67. The summed E-state index contributed by atoms with van der Waals surface area (Å²) in [7, 11) is 0. The number of carbonyl (C=O) groups excluding carboxylic acids is 1. The molecule has 0 aliphatic carbocycles. The topological polar surface area (TPSA) is 76.4 Å². The van der Waals surface area contributed by atoms with Crippen molar-refractivity contribution < 1.29 is 14.6 Å². The van der Waals surface area contributed by atoms with Gasteiger partial charge in [-0.2, -0.15) is 5.10 Å². The Labute approximate surface area is 148 Å². The van der Waals surface area contributed by atoms with E-state index >= 15 is 0 Å². The second-order valence-corrected chi connectivity index (χ2v) is 6.53. The lowest BCUT2D eigenvalue weighted by molar-refractivity contribution is -0.127. The van der Waals surface area contributed by atoms with Crippen LogP contribution in [0, 0.1) is 19.8 Å². The third-order valence-corrected chi connectivity index (χ3v) is 3.98. The van der Waals surface area contributed by atoms with Crippen LogP contribution in [0.3, 0.4) is 0 Å².